The molecule has 3 aliphatic carbocycles. The van der Waals surface area contributed by atoms with E-state index in [4.69, 9.17) is 0 Å². The van der Waals surface area contributed by atoms with Crippen molar-refractivity contribution in [2.75, 3.05) is 0 Å². The van der Waals surface area contributed by atoms with Crippen molar-refractivity contribution < 1.29 is 20.4 Å². The molecule has 4 nitrogen and oxygen atoms in total. The zero-order valence-corrected chi connectivity index (χ0v) is 15.3. The van der Waals surface area contributed by atoms with Gasteiger partial charge in [0.05, 0.1) is 18.3 Å². The zero-order chi connectivity index (χ0) is 18.0. The van der Waals surface area contributed by atoms with Gasteiger partial charge in [0.2, 0.25) is 0 Å². The third-order valence-corrected chi connectivity index (χ3v) is 7.57. The zero-order valence-electron chi connectivity index (χ0n) is 15.3. The van der Waals surface area contributed by atoms with Gasteiger partial charge in [0.15, 0.2) is 0 Å². The highest BCUT2D eigenvalue weighted by molar-refractivity contribution is 5.34. The molecule has 24 heavy (non-hydrogen) atoms. The number of rotatable bonds is 0. The normalized spacial score (nSPS) is 48.6. The van der Waals surface area contributed by atoms with Gasteiger partial charge in [-0.1, -0.05) is 27.4 Å². The van der Waals surface area contributed by atoms with Crippen LogP contribution >= 0.6 is 0 Å². The van der Waals surface area contributed by atoms with Crippen molar-refractivity contribution in [1.29, 1.82) is 0 Å². The molecule has 0 aromatic rings. The Morgan fingerprint density at radius 1 is 1.00 bits per heavy atom. The number of aliphatic hydroxyl groups excluding tert-OH is 4. The standard InChI is InChI=1S/C20H32O4/c1-10-13-8-12-9-15(22)11(2)16(19(12,3)4)17(23)18(24)20(13,5)7-6-14(10)21/h12-15,17-18,21-24H,1,6-9H2,2-5H3/t12-,13-,14+,15-,17-,18+,20-/m1/s1. The molecular weight excluding hydrogens is 304 g/mol. The molecule has 0 heterocycles. The van der Waals surface area contributed by atoms with Gasteiger partial charge in [0, 0.05) is 5.41 Å². The highest BCUT2D eigenvalue weighted by atomic mass is 16.3. The number of aliphatic hydroxyl groups is 4. The van der Waals surface area contributed by atoms with E-state index in [1.165, 1.54) is 0 Å². The monoisotopic (exact) mass is 336 g/mol. The molecule has 3 rings (SSSR count). The molecule has 0 aliphatic heterocycles. The van der Waals surface area contributed by atoms with Crippen LogP contribution in [0.3, 0.4) is 0 Å². The van der Waals surface area contributed by atoms with Crippen molar-refractivity contribution >= 4 is 0 Å². The largest absolute Gasteiger partial charge is 0.389 e. The van der Waals surface area contributed by atoms with Gasteiger partial charge in [-0.3, -0.25) is 0 Å². The minimum Gasteiger partial charge on any atom is -0.389 e. The molecule has 136 valence electrons. The highest BCUT2D eigenvalue weighted by Crippen LogP contribution is 2.58. The second-order valence-corrected chi connectivity index (χ2v) is 9.08. The Bertz CT molecular complexity index is 578. The maximum Gasteiger partial charge on any atom is 0.102 e. The fraction of sp³-hybridized carbons (Fsp3) is 0.800. The summed E-state index contributed by atoms with van der Waals surface area (Å²) in [4.78, 5) is 0. The van der Waals surface area contributed by atoms with Crippen LogP contribution in [-0.2, 0) is 0 Å². The molecule has 2 bridgehead atoms. The van der Waals surface area contributed by atoms with Gasteiger partial charge < -0.3 is 20.4 Å². The molecule has 2 fully saturated rings. The SMILES string of the molecule is C=C1[C@H]2C[C@@H]3C[C@@H](O)C(C)=C([C@@H](O)[C@H](O)[C@]2(C)CC[C@@H]1O)C3(C)C. The van der Waals surface area contributed by atoms with E-state index in [1.54, 1.807) is 0 Å². The highest BCUT2D eigenvalue weighted by Gasteiger charge is 2.56. The van der Waals surface area contributed by atoms with Crippen molar-refractivity contribution in [2.24, 2.45) is 22.7 Å². The summed E-state index contributed by atoms with van der Waals surface area (Å²) in [6.45, 7) is 12.2. The number of hydrogen-bond donors (Lipinski definition) is 4. The van der Waals surface area contributed by atoms with Gasteiger partial charge in [-0.2, -0.15) is 0 Å². The molecule has 4 heteroatoms. The number of fused-ring (bicyclic) bond motifs is 3. The van der Waals surface area contributed by atoms with E-state index in [-0.39, 0.29) is 17.3 Å². The summed E-state index contributed by atoms with van der Waals surface area (Å²) < 4.78 is 0. The molecule has 7 atom stereocenters. The predicted molar refractivity (Wildman–Crippen MR) is 93.2 cm³/mol. The van der Waals surface area contributed by atoms with Crippen molar-refractivity contribution in [2.45, 2.75) is 77.8 Å². The smallest absolute Gasteiger partial charge is 0.102 e. The second-order valence-electron chi connectivity index (χ2n) is 9.08. The quantitative estimate of drug-likeness (QED) is 0.511. The Kier molecular flexibility index (Phi) is 4.28. The van der Waals surface area contributed by atoms with E-state index >= 15 is 0 Å². The van der Waals surface area contributed by atoms with Crippen LogP contribution in [0.4, 0.5) is 0 Å². The van der Waals surface area contributed by atoms with Crippen LogP contribution in [0.15, 0.2) is 23.3 Å². The Morgan fingerprint density at radius 3 is 2.25 bits per heavy atom. The molecule has 0 unspecified atom stereocenters. The summed E-state index contributed by atoms with van der Waals surface area (Å²) in [5.41, 5.74) is 1.58. The summed E-state index contributed by atoms with van der Waals surface area (Å²) in [6, 6.07) is 0. The lowest BCUT2D eigenvalue weighted by Crippen LogP contribution is -2.57. The van der Waals surface area contributed by atoms with Crippen molar-refractivity contribution in [3.63, 3.8) is 0 Å². The van der Waals surface area contributed by atoms with Gasteiger partial charge in [0.1, 0.15) is 6.10 Å². The third kappa shape index (κ3) is 2.34. The van der Waals surface area contributed by atoms with Gasteiger partial charge in [-0.15, -0.1) is 0 Å². The molecule has 4 N–H and O–H groups in total. The Morgan fingerprint density at radius 2 is 1.62 bits per heavy atom. The van der Waals surface area contributed by atoms with Crippen molar-refractivity contribution in [3.8, 4) is 0 Å². The van der Waals surface area contributed by atoms with Gasteiger partial charge in [-0.25, -0.2) is 0 Å². The fourth-order valence-electron chi connectivity index (χ4n) is 5.69. The number of hydrogen-bond acceptors (Lipinski definition) is 4. The summed E-state index contributed by atoms with van der Waals surface area (Å²) in [7, 11) is 0. The third-order valence-electron chi connectivity index (χ3n) is 7.57. The molecule has 0 aromatic carbocycles. The molecule has 2 saturated carbocycles. The van der Waals surface area contributed by atoms with E-state index in [2.05, 4.69) is 20.4 Å². The Hall–Kier alpha value is -0.680. The summed E-state index contributed by atoms with van der Waals surface area (Å²) in [5, 5.41) is 42.9. The summed E-state index contributed by atoms with van der Waals surface area (Å²) in [5.74, 6) is 0.127. The molecule has 0 amide bonds. The van der Waals surface area contributed by atoms with Crippen LogP contribution < -0.4 is 0 Å². The first-order valence-corrected chi connectivity index (χ1v) is 9.14. The molecule has 0 aromatic heterocycles. The first kappa shape index (κ1) is 18.1. The summed E-state index contributed by atoms with van der Waals surface area (Å²) >= 11 is 0. The lowest BCUT2D eigenvalue weighted by molar-refractivity contribution is -0.115. The van der Waals surface area contributed by atoms with E-state index in [9.17, 15) is 20.4 Å². The van der Waals surface area contributed by atoms with Crippen molar-refractivity contribution in [1.82, 2.24) is 0 Å². The Balaban J connectivity index is 2.15. The van der Waals surface area contributed by atoms with E-state index in [0.717, 1.165) is 23.1 Å². The van der Waals surface area contributed by atoms with Crippen molar-refractivity contribution in [3.05, 3.63) is 23.3 Å². The van der Waals surface area contributed by atoms with Gasteiger partial charge in [-0.05, 0) is 66.6 Å². The Labute approximate surface area is 144 Å². The minimum atomic E-state index is -0.992. The maximum absolute atomic E-state index is 11.1. The molecule has 3 aliphatic rings. The molecular formula is C20H32O4. The second kappa shape index (κ2) is 5.66. The van der Waals surface area contributed by atoms with Gasteiger partial charge in [0.25, 0.3) is 0 Å². The van der Waals surface area contributed by atoms with Crippen LogP contribution in [0, 0.1) is 22.7 Å². The summed E-state index contributed by atoms with van der Waals surface area (Å²) in [6.07, 6.45) is -0.373. The molecule has 0 spiro atoms. The van der Waals surface area contributed by atoms with E-state index in [0.29, 0.717) is 19.3 Å². The average Bonchev–Trinajstić information content (AvgIpc) is 2.51. The first-order valence-electron chi connectivity index (χ1n) is 9.14. The average molecular weight is 336 g/mol. The van der Waals surface area contributed by atoms with E-state index < -0.39 is 29.8 Å². The van der Waals surface area contributed by atoms with Crippen LogP contribution in [0.2, 0.25) is 0 Å². The van der Waals surface area contributed by atoms with E-state index in [1.807, 2.05) is 13.8 Å². The predicted octanol–water partition coefficient (Wildman–Crippen LogP) is 2.17. The van der Waals surface area contributed by atoms with Crippen LogP contribution in [-0.4, -0.2) is 44.8 Å². The van der Waals surface area contributed by atoms with Crippen LogP contribution in [0.1, 0.15) is 53.4 Å². The molecule has 0 saturated heterocycles. The van der Waals surface area contributed by atoms with Gasteiger partial charge >= 0.3 is 0 Å². The van der Waals surface area contributed by atoms with Crippen LogP contribution in [0.25, 0.3) is 0 Å². The lowest BCUT2D eigenvalue weighted by Gasteiger charge is -2.56. The van der Waals surface area contributed by atoms with Crippen LogP contribution in [0.5, 0.6) is 0 Å². The topological polar surface area (TPSA) is 80.9 Å². The molecule has 0 radical (unpaired) electrons. The maximum atomic E-state index is 11.1. The fourth-order valence-corrected chi connectivity index (χ4v) is 5.69. The first-order chi connectivity index (χ1) is 11.0. The minimum absolute atomic E-state index is 0.0534. The lowest BCUT2D eigenvalue weighted by atomic mass is 9.50.